The number of carbonyl (C=O) groups is 1. The fourth-order valence-corrected chi connectivity index (χ4v) is 2.81. The van der Waals surface area contributed by atoms with Gasteiger partial charge in [0, 0.05) is 11.6 Å². The van der Waals surface area contributed by atoms with Gasteiger partial charge in [0.15, 0.2) is 0 Å². The van der Waals surface area contributed by atoms with Crippen molar-refractivity contribution < 1.29 is 4.79 Å². The predicted octanol–water partition coefficient (Wildman–Crippen LogP) is 2.26. The standard InChI is InChI=1S/C15H16ClN3O2/c16-11-8-10-9(4-6-18-14(10)20)7-13(11)19-15(21)12-3-1-2-5-17-12/h4,6-8,12,17H,1-3,5H2,(H,18,20)(H,19,21). The van der Waals surface area contributed by atoms with Gasteiger partial charge in [-0.2, -0.15) is 0 Å². The summed E-state index contributed by atoms with van der Waals surface area (Å²) < 4.78 is 0. The zero-order valence-electron chi connectivity index (χ0n) is 11.4. The molecule has 0 radical (unpaired) electrons. The van der Waals surface area contributed by atoms with E-state index in [1.54, 1.807) is 24.4 Å². The number of hydrogen-bond acceptors (Lipinski definition) is 3. The second-order valence-corrected chi connectivity index (χ2v) is 5.63. The fraction of sp³-hybridized carbons (Fsp3) is 0.333. The highest BCUT2D eigenvalue weighted by Crippen LogP contribution is 2.26. The SMILES string of the molecule is O=C(Nc1cc2cc[nH]c(=O)c2cc1Cl)C1CCCCN1. The highest BCUT2D eigenvalue weighted by Gasteiger charge is 2.21. The maximum absolute atomic E-state index is 12.2. The Morgan fingerprint density at radius 1 is 1.33 bits per heavy atom. The maximum Gasteiger partial charge on any atom is 0.255 e. The number of aromatic amines is 1. The third kappa shape index (κ3) is 2.94. The van der Waals surface area contributed by atoms with E-state index >= 15 is 0 Å². The maximum atomic E-state index is 12.2. The summed E-state index contributed by atoms with van der Waals surface area (Å²) in [5, 5.41) is 7.66. The van der Waals surface area contributed by atoms with Gasteiger partial charge in [-0.3, -0.25) is 9.59 Å². The van der Waals surface area contributed by atoms with E-state index in [9.17, 15) is 9.59 Å². The Bertz CT molecular complexity index is 735. The van der Waals surface area contributed by atoms with Gasteiger partial charge in [0.05, 0.1) is 16.8 Å². The lowest BCUT2D eigenvalue weighted by Crippen LogP contribution is -2.43. The molecule has 1 amide bonds. The third-order valence-corrected chi connectivity index (χ3v) is 4.06. The van der Waals surface area contributed by atoms with Crippen LogP contribution in [0.2, 0.25) is 5.02 Å². The first kappa shape index (κ1) is 14.1. The van der Waals surface area contributed by atoms with Crippen molar-refractivity contribution in [3.05, 3.63) is 39.8 Å². The Balaban J connectivity index is 1.88. The van der Waals surface area contributed by atoms with Crippen LogP contribution in [0.4, 0.5) is 5.69 Å². The lowest BCUT2D eigenvalue weighted by Gasteiger charge is -2.22. The van der Waals surface area contributed by atoms with E-state index in [0.717, 1.165) is 31.2 Å². The summed E-state index contributed by atoms with van der Waals surface area (Å²) >= 11 is 6.17. The number of rotatable bonds is 2. The van der Waals surface area contributed by atoms with Gasteiger partial charge in [-0.1, -0.05) is 18.0 Å². The van der Waals surface area contributed by atoms with Gasteiger partial charge in [0.2, 0.25) is 5.91 Å². The molecule has 2 heterocycles. The average molecular weight is 306 g/mol. The number of piperidine rings is 1. The summed E-state index contributed by atoms with van der Waals surface area (Å²) in [6, 6.07) is 4.92. The van der Waals surface area contributed by atoms with Crippen molar-refractivity contribution >= 4 is 34.0 Å². The molecule has 1 saturated heterocycles. The van der Waals surface area contributed by atoms with E-state index in [-0.39, 0.29) is 17.5 Å². The Morgan fingerprint density at radius 3 is 2.95 bits per heavy atom. The van der Waals surface area contributed by atoms with Gasteiger partial charge >= 0.3 is 0 Å². The molecule has 0 saturated carbocycles. The highest BCUT2D eigenvalue weighted by molar-refractivity contribution is 6.34. The molecule has 0 spiro atoms. The quantitative estimate of drug-likeness (QED) is 0.797. The minimum absolute atomic E-state index is 0.0826. The molecule has 1 fully saturated rings. The lowest BCUT2D eigenvalue weighted by atomic mass is 10.0. The largest absolute Gasteiger partial charge is 0.329 e. The van der Waals surface area contributed by atoms with Crippen molar-refractivity contribution in [2.45, 2.75) is 25.3 Å². The molecule has 0 aliphatic carbocycles. The third-order valence-electron chi connectivity index (χ3n) is 3.75. The van der Waals surface area contributed by atoms with Gasteiger partial charge in [-0.05, 0) is 43.0 Å². The van der Waals surface area contributed by atoms with Crippen LogP contribution < -0.4 is 16.2 Å². The Labute approximate surface area is 126 Å². The summed E-state index contributed by atoms with van der Waals surface area (Å²) in [4.78, 5) is 26.5. The molecule has 0 bridgehead atoms. The van der Waals surface area contributed by atoms with Crippen LogP contribution in [0.3, 0.4) is 0 Å². The average Bonchev–Trinajstić information content (AvgIpc) is 2.50. The number of benzene rings is 1. The molecule has 5 nitrogen and oxygen atoms in total. The molecule has 1 aliphatic heterocycles. The van der Waals surface area contributed by atoms with Gasteiger partial charge < -0.3 is 15.6 Å². The lowest BCUT2D eigenvalue weighted by molar-refractivity contribution is -0.118. The van der Waals surface area contributed by atoms with Crippen LogP contribution in [0.1, 0.15) is 19.3 Å². The van der Waals surface area contributed by atoms with E-state index in [2.05, 4.69) is 15.6 Å². The molecule has 1 atom stereocenters. The molecule has 21 heavy (non-hydrogen) atoms. The number of nitrogens with one attached hydrogen (secondary N) is 3. The van der Waals surface area contributed by atoms with Crippen molar-refractivity contribution in [1.82, 2.24) is 10.3 Å². The molecule has 1 aromatic carbocycles. The number of H-pyrrole nitrogens is 1. The van der Waals surface area contributed by atoms with Crippen LogP contribution in [0.15, 0.2) is 29.2 Å². The van der Waals surface area contributed by atoms with Crippen LogP contribution in [0.25, 0.3) is 10.8 Å². The molecule has 1 aliphatic rings. The van der Waals surface area contributed by atoms with E-state index in [4.69, 9.17) is 11.6 Å². The Hall–Kier alpha value is -1.85. The van der Waals surface area contributed by atoms with Crippen molar-refractivity contribution in [3.8, 4) is 0 Å². The van der Waals surface area contributed by atoms with Gasteiger partial charge in [0.1, 0.15) is 0 Å². The first-order valence-corrected chi connectivity index (χ1v) is 7.38. The molecular weight excluding hydrogens is 290 g/mol. The van der Waals surface area contributed by atoms with Gasteiger partial charge in [-0.25, -0.2) is 0 Å². The molecule has 3 rings (SSSR count). The first-order chi connectivity index (χ1) is 10.1. The van der Waals surface area contributed by atoms with Gasteiger partial charge in [0.25, 0.3) is 5.56 Å². The van der Waals surface area contributed by atoms with Crippen molar-refractivity contribution in [2.75, 3.05) is 11.9 Å². The van der Waals surface area contributed by atoms with Gasteiger partial charge in [-0.15, -0.1) is 0 Å². The van der Waals surface area contributed by atoms with Crippen LogP contribution in [-0.2, 0) is 4.79 Å². The summed E-state index contributed by atoms with van der Waals surface area (Å²) in [5.74, 6) is -0.0826. The number of fused-ring (bicyclic) bond motifs is 1. The molecular formula is C15H16ClN3O2. The number of halogens is 1. The van der Waals surface area contributed by atoms with Crippen LogP contribution in [-0.4, -0.2) is 23.5 Å². The minimum atomic E-state index is -0.193. The fourth-order valence-electron chi connectivity index (χ4n) is 2.60. The number of amides is 1. The molecule has 110 valence electrons. The van der Waals surface area contributed by atoms with E-state index in [1.165, 1.54) is 0 Å². The zero-order chi connectivity index (χ0) is 14.8. The zero-order valence-corrected chi connectivity index (χ0v) is 12.2. The van der Waals surface area contributed by atoms with Crippen molar-refractivity contribution in [2.24, 2.45) is 0 Å². The number of aromatic nitrogens is 1. The van der Waals surface area contributed by atoms with E-state index in [0.29, 0.717) is 16.1 Å². The number of carbonyl (C=O) groups excluding carboxylic acids is 1. The summed E-state index contributed by atoms with van der Waals surface area (Å²) in [6.45, 7) is 0.860. The summed E-state index contributed by atoms with van der Waals surface area (Å²) in [6.07, 6.45) is 4.55. The van der Waals surface area contributed by atoms with Crippen LogP contribution >= 0.6 is 11.6 Å². The summed E-state index contributed by atoms with van der Waals surface area (Å²) in [7, 11) is 0. The van der Waals surface area contributed by atoms with Crippen molar-refractivity contribution in [1.29, 1.82) is 0 Å². The number of hydrogen-bond donors (Lipinski definition) is 3. The first-order valence-electron chi connectivity index (χ1n) is 7.00. The number of anilines is 1. The smallest absolute Gasteiger partial charge is 0.255 e. The second kappa shape index (κ2) is 5.87. The Morgan fingerprint density at radius 2 is 2.19 bits per heavy atom. The van der Waals surface area contributed by atoms with Crippen LogP contribution in [0.5, 0.6) is 0 Å². The minimum Gasteiger partial charge on any atom is -0.329 e. The molecule has 1 unspecified atom stereocenters. The van der Waals surface area contributed by atoms with E-state index < -0.39 is 0 Å². The normalized spacial score (nSPS) is 18.6. The molecule has 6 heteroatoms. The summed E-state index contributed by atoms with van der Waals surface area (Å²) in [5.41, 5.74) is 0.341. The Kier molecular flexibility index (Phi) is 3.94. The topological polar surface area (TPSA) is 74.0 Å². The van der Waals surface area contributed by atoms with Crippen molar-refractivity contribution in [3.63, 3.8) is 0 Å². The molecule has 3 N–H and O–H groups in total. The highest BCUT2D eigenvalue weighted by atomic mass is 35.5. The molecule has 2 aromatic rings. The monoisotopic (exact) mass is 305 g/mol. The number of pyridine rings is 1. The predicted molar refractivity (Wildman–Crippen MR) is 83.9 cm³/mol. The van der Waals surface area contributed by atoms with Crippen LogP contribution in [0, 0.1) is 0 Å². The second-order valence-electron chi connectivity index (χ2n) is 5.22. The molecule has 1 aromatic heterocycles. The van der Waals surface area contributed by atoms with E-state index in [1.807, 2.05) is 0 Å².